The second-order valence-electron chi connectivity index (χ2n) is 5.26. The van der Waals surface area contributed by atoms with Crippen LogP contribution in [0, 0.1) is 5.92 Å². The van der Waals surface area contributed by atoms with Crippen LogP contribution in [0.2, 0.25) is 0 Å². The third kappa shape index (κ3) is 3.42. The molecule has 0 bridgehead atoms. The number of rotatable bonds is 5. The molecule has 1 aromatic carbocycles. The molecule has 1 N–H and O–H groups in total. The summed E-state index contributed by atoms with van der Waals surface area (Å²) in [4.78, 5) is 16.1. The zero-order valence-corrected chi connectivity index (χ0v) is 11.9. The molecule has 0 spiro atoms. The minimum absolute atomic E-state index is 0.0788. The Morgan fingerprint density at radius 3 is 3.19 bits per heavy atom. The van der Waals surface area contributed by atoms with Gasteiger partial charge in [-0.05, 0) is 24.5 Å². The second-order valence-corrected chi connectivity index (χ2v) is 5.26. The fraction of sp³-hybridized carbons (Fsp3) is 0.375. The van der Waals surface area contributed by atoms with Crippen molar-refractivity contribution in [3.63, 3.8) is 0 Å². The van der Waals surface area contributed by atoms with Gasteiger partial charge in [0, 0.05) is 25.5 Å². The van der Waals surface area contributed by atoms with Gasteiger partial charge in [-0.25, -0.2) is 4.98 Å². The summed E-state index contributed by atoms with van der Waals surface area (Å²) < 4.78 is 7.66. The van der Waals surface area contributed by atoms with Crippen molar-refractivity contribution >= 4 is 5.91 Å². The lowest BCUT2D eigenvalue weighted by Gasteiger charge is -2.24. The maximum atomic E-state index is 12.2. The van der Waals surface area contributed by atoms with Crippen LogP contribution in [-0.4, -0.2) is 28.6 Å². The molecular weight excluding hydrogens is 266 g/mol. The fourth-order valence-electron chi connectivity index (χ4n) is 2.53. The Bertz CT molecular complexity index is 595. The van der Waals surface area contributed by atoms with Gasteiger partial charge in [-0.3, -0.25) is 4.79 Å². The Kier molecular flexibility index (Phi) is 4.19. The zero-order valence-electron chi connectivity index (χ0n) is 11.9. The molecule has 0 aliphatic carbocycles. The van der Waals surface area contributed by atoms with E-state index in [1.165, 1.54) is 0 Å². The molecule has 0 saturated carbocycles. The molecule has 0 saturated heterocycles. The summed E-state index contributed by atoms with van der Waals surface area (Å²) in [6.07, 6.45) is 7.12. The van der Waals surface area contributed by atoms with Crippen molar-refractivity contribution in [3.8, 4) is 5.75 Å². The first-order valence-corrected chi connectivity index (χ1v) is 7.27. The number of aryl methyl sites for hydroxylation is 1. The highest BCUT2D eigenvalue weighted by Gasteiger charge is 2.25. The summed E-state index contributed by atoms with van der Waals surface area (Å²) >= 11 is 0. The highest BCUT2D eigenvalue weighted by molar-refractivity contribution is 5.79. The molecule has 1 amide bonds. The van der Waals surface area contributed by atoms with Crippen molar-refractivity contribution in [2.24, 2.45) is 5.92 Å². The van der Waals surface area contributed by atoms with E-state index < -0.39 is 0 Å². The molecule has 0 unspecified atom stereocenters. The largest absolute Gasteiger partial charge is 0.492 e. The maximum Gasteiger partial charge on any atom is 0.226 e. The van der Waals surface area contributed by atoms with Gasteiger partial charge in [0.1, 0.15) is 12.4 Å². The highest BCUT2D eigenvalue weighted by atomic mass is 16.5. The van der Waals surface area contributed by atoms with E-state index in [9.17, 15) is 4.79 Å². The van der Waals surface area contributed by atoms with Gasteiger partial charge in [0.25, 0.3) is 0 Å². The topological polar surface area (TPSA) is 56.2 Å². The molecule has 2 heterocycles. The Morgan fingerprint density at radius 1 is 1.43 bits per heavy atom. The number of ether oxygens (including phenoxy) is 1. The quantitative estimate of drug-likeness (QED) is 0.850. The third-order valence-electron chi connectivity index (χ3n) is 3.70. The monoisotopic (exact) mass is 285 g/mol. The van der Waals surface area contributed by atoms with Gasteiger partial charge in [-0.15, -0.1) is 0 Å². The normalized spacial score (nSPS) is 16.9. The lowest BCUT2D eigenvalue weighted by atomic mass is 9.96. The SMILES string of the molecule is O=C(NCCCn1ccnc1)[C@@H]1COc2ccccc2C1. The molecule has 0 radical (unpaired) electrons. The van der Waals surface area contributed by atoms with Crippen LogP contribution in [0.15, 0.2) is 43.0 Å². The van der Waals surface area contributed by atoms with Crippen molar-refractivity contribution in [2.75, 3.05) is 13.2 Å². The molecule has 1 aliphatic heterocycles. The average Bonchev–Trinajstić information content (AvgIpc) is 3.04. The summed E-state index contributed by atoms with van der Waals surface area (Å²) in [6.45, 7) is 2.00. The highest BCUT2D eigenvalue weighted by Crippen LogP contribution is 2.26. The van der Waals surface area contributed by atoms with Gasteiger partial charge < -0.3 is 14.6 Å². The van der Waals surface area contributed by atoms with E-state index >= 15 is 0 Å². The molecule has 21 heavy (non-hydrogen) atoms. The van der Waals surface area contributed by atoms with E-state index in [-0.39, 0.29) is 11.8 Å². The summed E-state index contributed by atoms with van der Waals surface area (Å²) in [5.74, 6) is 0.893. The molecule has 1 atom stereocenters. The van der Waals surface area contributed by atoms with Gasteiger partial charge in [0.05, 0.1) is 12.2 Å². The number of fused-ring (bicyclic) bond motifs is 1. The predicted octanol–water partition coefficient (Wildman–Crippen LogP) is 1.64. The van der Waals surface area contributed by atoms with Crippen molar-refractivity contribution in [1.29, 1.82) is 0 Å². The van der Waals surface area contributed by atoms with Crippen LogP contribution in [0.1, 0.15) is 12.0 Å². The number of amides is 1. The molecular formula is C16H19N3O2. The van der Waals surface area contributed by atoms with Crippen LogP contribution < -0.4 is 10.1 Å². The molecule has 1 aromatic heterocycles. The van der Waals surface area contributed by atoms with Gasteiger partial charge in [-0.2, -0.15) is 0 Å². The minimum Gasteiger partial charge on any atom is -0.492 e. The molecule has 0 fully saturated rings. The van der Waals surface area contributed by atoms with Gasteiger partial charge in [-0.1, -0.05) is 18.2 Å². The Balaban J connectivity index is 1.44. The van der Waals surface area contributed by atoms with Gasteiger partial charge in [0.15, 0.2) is 0 Å². The fourth-order valence-corrected chi connectivity index (χ4v) is 2.53. The number of benzene rings is 1. The van der Waals surface area contributed by atoms with Gasteiger partial charge >= 0.3 is 0 Å². The van der Waals surface area contributed by atoms with Crippen LogP contribution in [0.5, 0.6) is 5.75 Å². The summed E-state index contributed by atoms with van der Waals surface area (Å²) in [5.41, 5.74) is 1.11. The lowest BCUT2D eigenvalue weighted by molar-refractivity contribution is -0.126. The van der Waals surface area contributed by atoms with Gasteiger partial charge in [0.2, 0.25) is 5.91 Å². The van der Waals surface area contributed by atoms with Crippen LogP contribution in [0.3, 0.4) is 0 Å². The Morgan fingerprint density at radius 2 is 2.33 bits per heavy atom. The number of carbonyl (C=O) groups excluding carboxylic acids is 1. The van der Waals surface area contributed by atoms with Crippen LogP contribution >= 0.6 is 0 Å². The number of nitrogens with zero attached hydrogens (tertiary/aromatic N) is 2. The van der Waals surface area contributed by atoms with Crippen LogP contribution in [-0.2, 0) is 17.8 Å². The number of carbonyl (C=O) groups is 1. The predicted molar refractivity (Wildman–Crippen MR) is 79.0 cm³/mol. The van der Waals surface area contributed by atoms with Crippen molar-refractivity contribution in [1.82, 2.24) is 14.9 Å². The number of hydrogen-bond donors (Lipinski definition) is 1. The first-order chi connectivity index (χ1) is 10.3. The van der Waals surface area contributed by atoms with E-state index in [1.807, 2.05) is 35.0 Å². The average molecular weight is 285 g/mol. The van der Waals surface area contributed by atoms with Crippen LogP contribution in [0.4, 0.5) is 0 Å². The van der Waals surface area contributed by atoms with E-state index in [2.05, 4.69) is 10.3 Å². The van der Waals surface area contributed by atoms with Crippen molar-refractivity contribution < 1.29 is 9.53 Å². The molecule has 3 rings (SSSR count). The molecule has 110 valence electrons. The summed E-state index contributed by atoms with van der Waals surface area (Å²) in [6, 6.07) is 7.91. The molecule has 1 aliphatic rings. The second kappa shape index (κ2) is 6.43. The van der Waals surface area contributed by atoms with Crippen molar-refractivity contribution in [3.05, 3.63) is 48.5 Å². The van der Waals surface area contributed by atoms with E-state index in [0.717, 1.165) is 30.7 Å². The Labute approximate surface area is 124 Å². The zero-order chi connectivity index (χ0) is 14.5. The summed E-state index contributed by atoms with van der Waals surface area (Å²) in [5, 5.41) is 2.99. The van der Waals surface area contributed by atoms with Crippen LogP contribution in [0.25, 0.3) is 0 Å². The summed E-state index contributed by atoms with van der Waals surface area (Å²) in [7, 11) is 0. The Hall–Kier alpha value is -2.30. The molecule has 5 heteroatoms. The third-order valence-corrected chi connectivity index (χ3v) is 3.70. The maximum absolute atomic E-state index is 12.2. The number of nitrogens with one attached hydrogen (secondary N) is 1. The van der Waals surface area contributed by atoms with Crippen molar-refractivity contribution in [2.45, 2.75) is 19.4 Å². The lowest BCUT2D eigenvalue weighted by Crippen LogP contribution is -2.37. The van der Waals surface area contributed by atoms with E-state index in [1.54, 1.807) is 12.5 Å². The molecule has 5 nitrogen and oxygen atoms in total. The number of imidazole rings is 1. The van der Waals surface area contributed by atoms with E-state index in [4.69, 9.17) is 4.74 Å². The first-order valence-electron chi connectivity index (χ1n) is 7.27. The number of hydrogen-bond acceptors (Lipinski definition) is 3. The van der Waals surface area contributed by atoms with E-state index in [0.29, 0.717) is 13.2 Å². The molecule has 2 aromatic rings. The standard InChI is InChI=1S/C16H19N3O2/c20-16(18-6-3-8-19-9-7-17-12-19)14-10-13-4-1-2-5-15(13)21-11-14/h1-2,4-5,7,9,12,14H,3,6,8,10-11H2,(H,18,20)/t14-/m0/s1. The number of aromatic nitrogens is 2. The number of para-hydroxylation sites is 1. The smallest absolute Gasteiger partial charge is 0.226 e. The minimum atomic E-state index is -0.0897. The first kappa shape index (κ1) is 13.7.